The van der Waals surface area contributed by atoms with E-state index < -0.39 is 5.91 Å². The Kier molecular flexibility index (Phi) is 6.81. The summed E-state index contributed by atoms with van der Waals surface area (Å²) in [5.74, 6) is 1.26. The number of primary amides is 1. The van der Waals surface area contributed by atoms with E-state index in [1.165, 1.54) is 19.8 Å². The van der Waals surface area contributed by atoms with E-state index in [9.17, 15) is 9.59 Å². The predicted molar refractivity (Wildman–Crippen MR) is 127 cm³/mol. The molecule has 9 heteroatoms. The Morgan fingerprint density at radius 2 is 1.71 bits per heavy atom. The van der Waals surface area contributed by atoms with Crippen molar-refractivity contribution < 1.29 is 28.5 Å². The Morgan fingerprint density at radius 3 is 2.29 bits per heavy atom. The smallest absolute Gasteiger partial charge is 0.255 e. The Hall–Kier alpha value is -3.88. The summed E-state index contributed by atoms with van der Waals surface area (Å²) in [7, 11) is 4.58. The van der Waals surface area contributed by atoms with Crippen molar-refractivity contribution in [3.05, 3.63) is 47.7 Å². The first kappa shape index (κ1) is 23.3. The lowest BCUT2D eigenvalue weighted by molar-refractivity contribution is -0.120. The fourth-order valence-electron chi connectivity index (χ4n) is 4.45. The van der Waals surface area contributed by atoms with Gasteiger partial charge in [-0.05, 0) is 54.7 Å². The molecule has 3 N–H and O–H groups in total. The van der Waals surface area contributed by atoms with E-state index in [1.807, 2.05) is 17.0 Å². The fourth-order valence-corrected chi connectivity index (χ4v) is 4.45. The second-order valence-corrected chi connectivity index (χ2v) is 8.19. The quantitative estimate of drug-likeness (QED) is 0.526. The molecule has 0 radical (unpaired) electrons. The maximum absolute atomic E-state index is 13.3. The number of benzene rings is 2. The molecule has 1 saturated heterocycles. The number of hydrogen-bond donors (Lipinski definition) is 2. The average Bonchev–Trinajstić information content (AvgIpc) is 3.29. The number of ether oxygens (including phenoxy) is 4. The Bertz CT molecular complexity index is 1170. The first-order valence-electron chi connectivity index (χ1n) is 11.1. The number of carbonyl (C=O) groups is 2. The number of hydrogen-bond acceptors (Lipinski definition) is 6. The minimum atomic E-state index is -0.624. The molecule has 1 aromatic heterocycles. The molecule has 1 fully saturated rings. The summed E-state index contributed by atoms with van der Waals surface area (Å²) < 4.78 is 21.6. The molecule has 0 bridgehead atoms. The molecule has 3 aromatic rings. The van der Waals surface area contributed by atoms with Crippen molar-refractivity contribution in [3.63, 3.8) is 0 Å². The van der Waals surface area contributed by atoms with Crippen molar-refractivity contribution in [3.8, 4) is 23.0 Å². The first-order valence-corrected chi connectivity index (χ1v) is 11.1. The zero-order chi connectivity index (χ0) is 24.2. The average molecular weight is 468 g/mol. The van der Waals surface area contributed by atoms with Crippen LogP contribution in [0, 0.1) is 0 Å². The number of rotatable bonds is 8. The van der Waals surface area contributed by atoms with Crippen molar-refractivity contribution in [1.29, 1.82) is 0 Å². The van der Waals surface area contributed by atoms with Crippen molar-refractivity contribution in [1.82, 2.24) is 9.88 Å². The van der Waals surface area contributed by atoms with Crippen molar-refractivity contribution >= 4 is 22.7 Å². The number of amides is 2. The van der Waals surface area contributed by atoms with Gasteiger partial charge in [-0.2, -0.15) is 0 Å². The van der Waals surface area contributed by atoms with Crippen LogP contribution in [0.2, 0.25) is 0 Å². The lowest BCUT2D eigenvalue weighted by Gasteiger charge is -2.32. The summed E-state index contributed by atoms with van der Waals surface area (Å²) >= 11 is 0. The van der Waals surface area contributed by atoms with Crippen LogP contribution < -0.4 is 24.7 Å². The maximum Gasteiger partial charge on any atom is 0.255 e. The van der Waals surface area contributed by atoms with Crippen LogP contribution in [0.3, 0.4) is 0 Å². The van der Waals surface area contributed by atoms with Gasteiger partial charge in [0.15, 0.2) is 18.1 Å². The molecule has 0 atom stereocenters. The number of fused-ring (bicyclic) bond motifs is 1. The van der Waals surface area contributed by atoms with Gasteiger partial charge in [0.05, 0.1) is 21.3 Å². The molecule has 2 amide bonds. The number of carbonyl (C=O) groups excluding carboxylic acids is 2. The number of nitrogens with two attached hydrogens (primary N) is 1. The minimum Gasteiger partial charge on any atom is -0.497 e. The standard InChI is InChI=1S/C25H29N3O6/c1-31-17-4-5-20-18(12-17)19(13-27-20)15-6-8-28(9-7-15)25(30)16-10-21(32-2)24(22(11-16)33-3)34-14-23(26)29/h4-5,10-13,15,27H,6-9,14H2,1-3H3,(H2,26,29). The van der Waals surface area contributed by atoms with Gasteiger partial charge in [0.25, 0.3) is 11.8 Å². The van der Waals surface area contributed by atoms with Crippen LogP contribution in [0.5, 0.6) is 23.0 Å². The normalized spacial score (nSPS) is 14.1. The van der Waals surface area contributed by atoms with Gasteiger partial charge in [-0.25, -0.2) is 0 Å². The first-order chi connectivity index (χ1) is 16.4. The molecule has 34 heavy (non-hydrogen) atoms. The highest BCUT2D eigenvalue weighted by atomic mass is 16.5. The number of aromatic amines is 1. The van der Waals surface area contributed by atoms with Gasteiger partial charge >= 0.3 is 0 Å². The highest BCUT2D eigenvalue weighted by Gasteiger charge is 2.28. The van der Waals surface area contributed by atoms with Gasteiger partial charge in [0, 0.05) is 35.8 Å². The van der Waals surface area contributed by atoms with E-state index >= 15 is 0 Å². The summed E-state index contributed by atoms with van der Waals surface area (Å²) in [5.41, 5.74) is 7.93. The summed E-state index contributed by atoms with van der Waals surface area (Å²) in [6.45, 7) is 0.933. The number of aromatic nitrogens is 1. The monoisotopic (exact) mass is 467 g/mol. The van der Waals surface area contributed by atoms with Crippen LogP contribution in [0.25, 0.3) is 10.9 Å². The van der Waals surface area contributed by atoms with Gasteiger partial charge in [-0.3, -0.25) is 9.59 Å². The second-order valence-electron chi connectivity index (χ2n) is 8.19. The second kappa shape index (κ2) is 9.94. The van der Waals surface area contributed by atoms with E-state index in [2.05, 4.69) is 17.2 Å². The van der Waals surface area contributed by atoms with Crippen LogP contribution in [0.1, 0.15) is 34.7 Å². The number of piperidine rings is 1. The maximum atomic E-state index is 13.3. The highest BCUT2D eigenvalue weighted by molar-refractivity contribution is 5.96. The van der Waals surface area contributed by atoms with Gasteiger partial charge in [0.1, 0.15) is 5.75 Å². The summed E-state index contributed by atoms with van der Waals surface area (Å²) in [6.07, 6.45) is 3.76. The zero-order valence-electron chi connectivity index (χ0n) is 19.6. The Balaban J connectivity index is 1.50. The third kappa shape index (κ3) is 4.59. The molecule has 0 saturated carbocycles. The van der Waals surface area contributed by atoms with Crippen LogP contribution in [0.15, 0.2) is 36.5 Å². The van der Waals surface area contributed by atoms with Crippen LogP contribution in [0.4, 0.5) is 0 Å². The predicted octanol–water partition coefficient (Wildman–Crippen LogP) is 3.08. The van der Waals surface area contributed by atoms with Crippen LogP contribution in [-0.2, 0) is 4.79 Å². The van der Waals surface area contributed by atoms with Gasteiger partial charge in [0.2, 0.25) is 5.75 Å². The van der Waals surface area contributed by atoms with E-state index in [4.69, 9.17) is 24.7 Å². The molecule has 0 aliphatic carbocycles. The Labute approximate surface area is 197 Å². The Morgan fingerprint density at radius 1 is 1.03 bits per heavy atom. The number of methoxy groups -OCH3 is 3. The summed E-state index contributed by atoms with van der Waals surface area (Å²) in [4.78, 5) is 29.6. The van der Waals surface area contributed by atoms with Gasteiger partial charge in [-0.1, -0.05) is 0 Å². The van der Waals surface area contributed by atoms with E-state index in [0.29, 0.717) is 36.1 Å². The molecule has 4 rings (SSSR count). The molecular formula is C25H29N3O6. The summed E-state index contributed by atoms with van der Waals surface area (Å²) in [5, 5.41) is 1.16. The molecule has 2 aromatic carbocycles. The molecule has 2 heterocycles. The van der Waals surface area contributed by atoms with Crippen molar-refractivity contribution in [2.75, 3.05) is 41.0 Å². The topological polar surface area (TPSA) is 116 Å². The zero-order valence-corrected chi connectivity index (χ0v) is 19.6. The lowest BCUT2D eigenvalue weighted by Crippen LogP contribution is -2.37. The van der Waals surface area contributed by atoms with Crippen LogP contribution >= 0.6 is 0 Å². The van der Waals surface area contributed by atoms with Gasteiger partial charge in [-0.15, -0.1) is 0 Å². The summed E-state index contributed by atoms with van der Waals surface area (Å²) in [6, 6.07) is 9.21. The molecule has 1 aliphatic heterocycles. The number of H-pyrrole nitrogens is 1. The third-order valence-electron chi connectivity index (χ3n) is 6.21. The third-order valence-corrected chi connectivity index (χ3v) is 6.21. The van der Waals surface area contributed by atoms with E-state index in [-0.39, 0.29) is 18.3 Å². The highest BCUT2D eigenvalue weighted by Crippen LogP contribution is 2.40. The largest absolute Gasteiger partial charge is 0.497 e. The molecular weight excluding hydrogens is 438 g/mol. The number of nitrogens with one attached hydrogen (secondary N) is 1. The molecule has 0 unspecified atom stereocenters. The van der Waals surface area contributed by atoms with Crippen molar-refractivity contribution in [2.24, 2.45) is 5.73 Å². The fraction of sp³-hybridized carbons (Fsp3) is 0.360. The SMILES string of the molecule is COc1ccc2[nH]cc(C3CCN(C(=O)c4cc(OC)c(OCC(N)=O)c(OC)c4)CC3)c2c1. The minimum absolute atomic E-state index is 0.114. The van der Waals surface area contributed by atoms with E-state index in [1.54, 1.807) is 19.2 Å². The van der Waals surface area contributed by atoms with Gasteiger partial charge < -0.3 is 34.6 Å². The molecule has 1 aliphatic rings. The molecule has 0 spiro atoms. The molecule has 9 nitrogen and oxygen atoms in total. The van der Waals surface area contributed by atoms with E-state index in [0.717, 1.165) is 29.5 Å². The number of likely N-dealkylation sites (tertiary alicyclic amines) is 1. The van der Waals surface area contributed by atoms with Crippen LogP contribution in [-0.4, -0.2) is 62.7 Å². The lowest BCUT2D eigenvalue weighted by atomic mass is 9.89. The number of nitrogens with zero attached hydrogens (tertiary/aromatic N) is 1. The molecule has 180 valence electrons. The van der Waals surface area contributed by atoms with Crippen molar-refractivity contribution in [2.45, 2.75) is 18.8 Å².